The summed E-state index contributed by atoms with van der Waals surface area (Å²) in [5.74, 6) is 1.64. The van der Waals surface area contributed by atoms with Gasteiger partial charge >= 0.3 is 0 Å². The molecule has 120 valence electrons. The van der Waals surface area contributed by atoms with Crippen LogP contribution >= 0.6 is 23.4 Å². The van der Waals surface area contributed by atoms with Crippen LogP contribution in [0.5, 0.6) is 0 Å². The first-order chi connectivity index (χ1) is 11.1. The quantitative estimate of drug-likeness (QED) is 0.769. The van der Waals surface area contributed by atoms with Gasteiger partial charge in [-0.15, -0.1) is 0 Å². The molecule has 2 nitrogen and oxygen atoms in total. The minimum atomic E-state index is -0.500. The Kier molecular flexibility index (Phi) is 5.36. The summed E-state index contributed by atoms with van der Waals surface area (Å²) in [6.07, 6.45) is 0. The standard InChI is InChI=1S/C18H17ClFNOS/c19-16-9-15(10-17(20)11-16)18(22)14-3-1-13(2-4-14)12-21-5-7-23-8-6-21/h1-4,9-11H,5-8,12H2. The van der Waals surface area contributed by atoms with Crippen molar-refractivity contribution in [2.24, 2.45) is 0 Å². The monoisotopic (exact) mass is 349 g/mol. The summed E-state index contributed by atoms with van der Waals surface area (Å²) in [5, 5.41) is 0.230. The number of rotatable bonds is 4. The minimum absolute atomic E-state index is 0.215. The fraction of sp³-hybridized carbons (Fsp3) is 0.278. The van der Waals surface area contributed by atoms with E-state index < -0.39 is 5.82 Å². The van der Waals surface area contributed by atoms with E-state index in [1.165, 1.54) is 35.3 Å². The zero-order valence-electron chi connectivity index (χ0n) is 12.6. The summed E-state index contributed by atoms with van der Waals surface area (Å²) in [6, 6.07) is 11.4. The molecule has 23 heavy (non-hydrogen) atoms. The Bertz CT molecular complexity index is 678. The highest BCUT2D eigenvalue weighted by Crippen LogP contribution is 2.19. The molecule has 0 unspecified atom stereocenters. The second kappa shape index (κ2) is 7.47. The zero-order valence-corrected chi connectivity index (χ0v) is 14.2. The largest absolute Gasteiger partial charge is 0.297 e. The lowest BCUT2D eigenvalue weighted by molar-refractivity contribution is 0.103. The van der Waals surface area contributed by atoms with Gasteiger partial charge in [-0.25, -0.2) is 4.39 Å². The molecule has 0 atom stereocenters. The summed E-state index contributed by atoms with van der Waals surface area (Å²) in [4.78, 5) is 14.8. The van der Waals surface area contributed by atoms with Crippen LogP contribution in [0.1, 0.15) is 21.5 Å². The van der Waals surface area contributed by atoms with Crippen LogP contribution in [0.15, 0.2) is 42.5 Å². The number of carbonyl (C=O) groups excluding carboxylic acids is 1. The van der Waals surface area contributed by atoms with E-state index in [2.05, 4.69) is 4.90 Å². The van der Waals surface area contributed by atoms with Crippen molar-refractivity contribution in [1.29, 1.82) is 0 Å². The zero-order chi connectivity index (χ0) is 16.2. The van der Waals surface area contributed by atoms with Gasteiger partial charge in [0.1, 0.15) is 5.82 Å². The summed E-state index contributed by atoms with van der Waals surface area (Å²) in [7, 11) is 0. The second-order valence-corrected chi connectivity index (χ2v) is 7.23. The third-order valence-corrected chi connectivity index (χ3v) is 5.01. The number of nitrogens with zero attached hydrogens (tertiary/aromatic N) is 1. The van der Waals surface area contributed by atoms with Gasteiger partial charge in [-0.1, -0.05) is 35.9 Å². The lowest BCUT2D eigenvalue weighted by Crippen LogP contribution is -2.31. The van der Waals surface area contributed by atoms with E-state index in [0.717, 1.165) is 19.6 Å². The summed E-state index contributed by atoms with van der Waals surface area (Å²) < 4.78 is 13.4. The minimum Gasteiger partial charge on any atom is -0.297 e. The van der Waals surface area contributed by atoms with Crippen LogP contribution in [0.4, 0.5) is 4.39 Å². The van der Waals surface area contributed by atoms with E-state index in [1.54, 1.807) is 12.1 Å². The number of hydrogen-bond acceptors (Lipinski definition) is 3. The number of carbonyl (C=O) groups is 1. The predicted molar refractivity (Wildman–Crippen MR) is 93.9 cm³/mol. The third-order valence-electron chi connectivity index (χ3n) is 3.85. The van der Waals surface area contributed by atoms with Gasteiger partial charge in [0.15, 0.2) is 5.78 Å². The lowest BCUT2D eigenvalue weighted by Gasteiger charge is -2.26. The normalized spacial score (nSPS) is 15.6. The van der Waals surface area contributed by atoms with Gasteiger partial charge in [0.25, 0.3) is 0 Å². The van der Waals surface area contributed by atoms with Crippen molar-refractivity contribution >= 4 is 29.1 Å². The maximum Gasteiger partial charge on any atom is 0.193 e. The second-order valence-electron chi connectivity index (χ2n) is 5.57. The van der Waals surface area contributed by atoms with E-state index in [-0.39, 0.29) is 16.4 Å². The summed E-state index contributed by atoms with van der Waals surface area (Å²) in [6.45, 7) is 3.11. The Morgan fingerprint density at radius 3 is 2.43 bits per heavy atom. The van der Waals surface area contributed by atoms with Crippen LogP contribution < -0.4 is 0 Å². The van der Waals surface area contributed by atoms with Gasteiger partial charge in [-0.2, -0.15) is 11.8 Å². The molecule has 0 aromatic heterocycles. The Morgan fingerprint density at radius 2 is 1.78 bits per heavy atom. The lowest BCUT2D eigenvalue weighted by atomic mass is 10.0. The van der Waals surface area contributed by atoms with Crippen molar-refractivity contribution < 1.29 is 9.18 Å². The molecule has 2 aromatic carbocycles. The highest BCUT2D eigenvalue weighted by molar-refractivity contribution is 7.99. The molecule has 0 bridgehead atoms. The average Bonchev–Trinajstić information content (AvgIpc) is 2.55. The van der Waals surface area contributed by atoms with Gasteiger partial charge in [0.05, 0.1) is 0 Å². The maximum absolute atomic E-state index is 13.4. The predicted octanol–water partition coefficient (Wildman–Crippen LogP) is 4.26. The molecule has 0 spiro atoms. The Hall–Kier alpha value is -1.36. The first kappa shape index (κ1) is 16.5. The van der Waals surface area contributed by atoms with Crippen LogP contribution in [-0.4, -0.2) is 35.3 Å². The number of halogens is 2. The SMILES string of the molecule is O=C(c1ccc(CN2CCSCC2)cc1)c1cc(F)cc(Cl)c1. The molecule has 1 saturated heterocycles. The molecule has 1 fully saturated rings. The average molecular weight is 350 g/mol. The van der Waals surface area contributed by atoms with Gasteiger partial charge in [-0.3, -0.25) is 9.69 Å². The molecular weight excluding hydrogens is 333 g/mol. The van der Waals surface area contributed by atoms with Gasteiger partial charge in [0.2, 0.25) is 0 Å². The van der Waals surface area contributed by atoms with Crippen molar-refractivity contribution in [3.63, 3.8) is 0 Å². The fourth-order valence-electron chi connectivity index (χ4n) is 2.63. The van der Waals surface area contributed by atoms with Crippen molar-refractivity contribution in [3.8, 4) is 0 Å². The molecule has 0 saturated carbocycles. The smallest absolute Gasteiger partial charge is 0.193 e. The molecular formula is C18H17ClFNOS. The topological polar surface area (TPSA) is 20.3 Å². The van der Waals surface area contributed by atoms with Crippen molar-refractivity contribution in [3.05, 3.63) is 70.0 Å². The molecule has 2 aromatic rings. The highest BCUT2D eigenvalue weighted by atomic mass is 35.5. The molecule has 1 aliphatic heterocycles. The molecule has 0 amide bonds. The Labute approximate surface area is 144 Å². The number of ketones is 1. The van der Waals surface area contributed by atoms with Gasteiger partial charge in [-0.05, 0) is 23.8 Å². The van der Waals surface area contributed by atoms with E-state index in [0.29, 0.717) is 5.56 Å². The first-order valence-electron chi connectivity index (χ1n) is 7.52. The molecule has 1 heterocycles. The summed E-state index contributed by atoms with van der Waals surface area (Å²) in [5.41, 5.74) is 2.01. The Balaban J connectivity index is 1.72. The number of benzene rings is 2. The molecule has 0 N–H and O–H groups in total. The van der Waals surface area contributed by atoms with Crippen molar-refractivity contribution in [2.45, 2.75) is 6.54 Å². The van der Waals surface area contributed by atoms with E-state index in [4.69, 9.17) is 11.6 Å². The molecule has 3 rings (SSSR count). The third kappa shape index (κ3) is 4.34. The van der Waals surface area contributed by atoms with E-state index in [9.17, 15) is 9.18 Å². The van der Waals surface area contributed by atoms with E-state index in [1.807, 2.05) is 23.9 Å². The molecule has 0 aliphatic carbocycles. The van der Waals surface area contributed by atoms with Gasteiger partial charge < -0.3 is 0 Å². The summed E-state index contributed by atoms with van der Waals surface area (Å²) >= 11 is 7.80. The molecule has 5 heteroatoms. The fourth-order valence-corrected chi connectivity index (χ4v) is 3.83. The van der Waals surface area contributed by atoms with Crippen LogP contribution in [0.3, 0.4) is 0 Å². The first-order valence-corrected chi connectivity index (χ1v) is 9.05. The highest BCUT2D eigenvalue weighted by Gasteiger charge is 2.13. The van der Waals surface area contributed by atoms with Crippen molar-refractivity contribution in [1.82, 2.24) is 4.90 Å². The van der Waals surface area contributed by atoms with Crippen LogP contribution in [0.2, 0.25) is 5.02 Å². The van der Waals surface area contributed by atoms with Crippen LogP contribution in [0, 0.1) is 5.82 Å². The Morgan fingerprint density at radius 1 is 1.09 bits per heavy atom. The van der Waals surface area contributed by atoms with Crippen LogP contribution in [-0.2, 0) is 6.54 Å². The molecule has 0 radical (unpaired) electrons. The number of hydrogen-bond donors (Lipinski definition) is 0. The maximum atomic E-state index is 13.4. The van der Waals surface area contributed by atoms with Crippen molar-refractivity contribution in [2.75, 3.05) is 24.6 Å². The van der Waals surface area contributed by atoms with Crippen LogP contribution in [0.25, 0.3) is 0 Å². The number of thioether (sulfide) groups is 1. The van der Waals surface area contributed by atoms with Gasteiger partial charge in [0, 0.05) is 47.3 Å². The molecule has 1 aliphatic rings. The van der Waals surface area contributed by atoms with E-state index >= 15 is 0 Å².